The van der Waals surface area contributed by atoms with E-state index in [1.807, 2.05) is 11.2 Å². The Bertz CT molecular complexity index is 296. The number of nitrogens with two attached hydrogens (primary N) is 1. The lowest BCUT2D eigenvalue weighted by Gasteiger charge is -2.16. The molecule has 1 heterocycles. The largest absolute Gasteiger partial charge is 0.369 e. The summed E-state index contributed by atoms with van der Waals surface area (Å²) in [6.45, 7) is 1.33. The van der Waals surface area contributed by atoms with Gasteiger partial charge in [0.05, 0.1) is 5.92 Å². The molecule has 0 bridgehead atoms. The van der Waals surface area contributed by atoms with Gasteiger partial charge in [-0.3, -0.25) is 4.79 Å². The lowest BCUT2D eigenvalue weighted by atomic mass is 10.1. The normalized spacial score (nSPS) is 22.1. The van der Waals surface area contributed by atoms with Gasteiger partial charge in [0.2, 0.25) is 12.1 Å². The highest BCUT2D eigenvalue weighted by Crippen LogP contribution is 2.19. The molecule has 0 aromatic carbocycles. The molecule has 1 atom stereocenters. The molecule has 1 aliphatic rings. The number of amidine groups is 1. The maximum atomic E-state index is 10.9. The minimum Gasteiger partial charge on any atom is -0.369 e. The van der Waals surface area contributed by atoms with Gasteiger partial charge in [0.15, 0.2) is 5.17 Å². The van der Waals surface area contributed by atoms with E-state index in [1.165, 1.54) is 11.8 Å². The van der Waals surface area contributed by atoms with Crippen molar-refractivity contribution in [1.29, 1.82) is 5.26 Å². The second-order valence-electron chi connectivity index (χ2n) is 3.03. The van der Waals surface area contributed by atoms with Crippen LogP contribution in [0.5, 0.6) is 0 Å². The molecule has 1 fully saturated rings. The van der Waals surface area contributed by atoms with Gasteiger partial charge in [0, 0.05) is 13.1 Å². The molecule has 0 radical (unpaired) electrons. The number of nitrogens with zero attached hydrogens (tertiary/aromatic N) is 3. The third-order valence-electron chi connectivity index (χ3n) is 2.19. The summed E-state index contributed by atoms with van der Waals surface area (Å²) in [5, 5.41) is 9.10. The summed E-state index contributed by atoms with van der Waals surface area (Å²) in [4.78, 5) is 16.5. The first-order chi connectivity index (χ1) is 6.69. The number of likely N-dealkylation sites (tertiary alicyclic amines) is 1. The van der Waals surface area contributed by atoms with E-state index in [9.17, 15) is 4.79 Å². The van der Waals surface area contributed by atoms with Crippen LogP contribution in [0.2, 0.25) is 0 Å². The number of carbonyl (C=O) groups is 1. The quantitative estimate of drug-likeness (QED) is 0.376. The van der Waals surface area contributed by atoms with Crippen LogP contribution < -0.4 is 5.73 Å². The molecular weight excluding hydrogens is 200 g/mol. The fourth-order valence-corrected chi connectivity index (χ4v) is 2.01. The van der Waals surface area contributed by atoms with Crippen LogP contribution in [0.3, 0.4) is 0 Å². The third kappa shape index (κ3) is 2.39. The molecule has 1 aliphatic heterocycles. The number of rotatable bonds is 1. The summed E-state index contributed by atoms with van der Waals surface area (Å²) >= 11 is 1.41. The molecule has 1 rings (SSSR count). The number of amides is 1. The van der Waals surface area contributed by atoms with Gasteiger partial charge in [-0.1, -0.05) is 11.8 Å². The van der Waals surface area contributed by atoms with Crippen LogP contribution in [-0.2, 0) is 4.79 Å². The summed E-state index contributed by atoms with van der Waals surface area (Å²) in [6, 6.07) is 0. The van der Waals surface area contributed by atoms with E-state index in [-0.39, 0.29) is 11.8 Å². The maximum absolute atomic E-state index is 10.9. The monoisotopic (exact) mass is 212 g/mol. The zero-order valence-corrected chi connectivity index (χ0v) is 8.75. The molecule has 0 spiro atoms. The van der Waals surface area contributed by atoms with Crippen LogP contribution in [0, 0.1) is 17.4 Å². The number of hydrogen-bond acceptors (Lipinski definition) is 4. The Balaban J connectivity index is 2.61. The number of aliphatic imine (C=N–C) groups is 1. The molecule has 0 aromatic rings. The van der Waals surface area contributed by atoms with E-state index < -0.39 is 0 Å². The van der Waals surface area contributed by atoms with Crippen molar-refractivity contribution >= 4 is 22.8 Å². The van der Waals surface area contributed by atoms with Gasteiger partial charge in [-0.25, -0.2) is 0 Å². The van der Waals surface area contributed by atoms with E-state index in [0.29, 0.717) is 11.7 Å². The number of thioether (sulfide) groups is 1. The Morgan fingerprint density at radius 3 is 2.93 bits per heavy atom. The standard InChI is InChI=1S/C8H12N4OS/c1-14-8(11-5-9)12-3-2-6(4-12)7(10)13/h6H,2-4H2,1H3,(H2,10,13). The topological polar surface area (TPSA) is 82.5 Å². The Morgan fingerprint density at radius 1 is 1.79 bits per heavy atom. The summed E-state index contributed by atoms with van der Waals surface area (Å²) in [5.74, 6) is -0.379. The molecule has 5 nitrogen and oxygen atoms in total. The van der Waals surface area contributed by atoms with E-state index >= 15 is 0 Å². The average Bonchev–Trinajstić information content (AvgIpc) is 2.63. The van der Waals surface area contributed by atoms with Crippen LogP contribution in [0.1, 0.15) is 6.42 Å². The fraction of sp³-hybridized carbons (Fsp3) is 0.625. The predicted molar refractivity (Wildman–Crippen MR) is 55.4 cm³/mol. The maximum Gasteiger partial charge on any atom is 0.222 e. The van der Waals surface area contributed by atoms with Crippen molar-refractivity contribution in [2.45, 2.75) is 6.42 Å². The van der Waals surface area contributed by atoms with Crippen molar-refractivity contribution in [3.05, 3.63) is 0 Å². The molecule has 0 aliphatic carbocycles. The van der Waals surface area contributed by atoms with Crippen LogP contribution >= 0.6 is 11.8 Å². The molecule has 0 saturated carbocycles. The van der Waals surface area contributed by atoms with Gasteiger partial charge in [0.25, 0.3) is 0 Å². The van der Waals surface area contributed by atoms with Crippen LogP contribution in [0.4, 0.5) is 0 Å². The molecule has 76 valence electrons. The summed E-state index contributed by atoms with van der Waals surface area (Å²) in [6.07, 6.45) is 4.35. The summed E-state index contributed by atoms with van der Waals surface area (Å²) < 4.78 is 0. The van der Waals surface area contributed by atoms with Gasteiger partial charge in [-0.2, -0.15) is 5.26 Å². The van der Waals surface area contributed by atoms with Gasteiger partial charge in [0.1, 0.15) is 0 Å². The number of carbonyl (C=O) groups excluding carboxylic acids is 1. The van der Waals surface area contributed by atoms with Crippen molar-refractivity contribution in [2.24, 2.45) is 16.6 Å². The van der Waals surface area contributed by atoms with Crippen LogP contribution in [0.25, 0.3) is 0 Å². The smallest absolute Gasteiger partial charge is 0.222 e. The van der Waals surface area contributed by atoms with Gasteiger partial charge >= 0.3 is 0 Å². The summed E-state index contributed by atoms with van der Waals surface area (Å²) in [7, 11) is 0. The third-order valence-corrected chi connectivity index (χ3v) is 2.90. The van der Waals surface area contributed by atoms with Crippen molar-refractivity contribution in [3.63, 3.8) is 0 Å². The molecular formula is C8H12N4OS. The Kier molecular flexibility index (Phi) is 3.77. The van der Waals surface area contributed by atoms with Gasteiger partial charge in [-0.15, -0.1) is 4.99 Å². The second kappa shape index (κ2) is 4.86. The Hall–Kier alpha value is -1.22. The second-order valence-corrected chi connectivity index (χ2v) is 3.81. The molecule has 1 unspecified atom stereocenters. The Labute approximate surface area is 87.0 Å². The van der Waals surface area contributed by atoms with E-state index in [1.54, 1.807) is 6.19 Å². The number of hydrogen-bond donors (Lipinski definition) is 1. The zero-order valence-electron chi connectivity index (χ0n) is 7.93. The minimum absolute atomic E-state index is 0.106. The SMILES string of the molecule is CSC(=NC#N)N1CCC(C(N)=O)C1. The highest BCUT2D eigenvalue weighted by molar-refractivity contribution is 8.13. The molecule has 1 amide bonds. The minimum atomic E-state index is -0.273. The highest BCUT2D eigenvalue weighted by Gasteiger charge is 2.28. The van der Waals surface area contributed by atoms with Gasteiger partial charge < -0.3 is 10.6 Å². The summed E-state index contributed by atoms with van der Waals surface area (Å²) in [5.41, 5.74) is 5.20. The molecule has 6 heteroatoms. The lowest BCUT2D eigenvalue weighted by molar-refractivity contribution is -0.121. The zero-order chi connectivity index (χ0) is 10.6. The highest BCUT2D eigenvalue weighted by atomic mass is 32.2. The fourth-order valence-electron chi connectivity index (χ4n) is 1.45. The van der Waals surface area contributed by atoms with Crippen molar-refractivity contribution in [3.8, 4) is 6.19 Å². The average molecular weight is 212 g/mol. The van der Waals surface area contributed by atoms with E-state index in [0.717, 1.165) is 13.0 Å². The first-order valence-corrected chi connectivity index (χ1v) is 5.46. The molecule has 1 saturated heterocycles. The Morgan fingerprint density at radius 2 is 2.50 bits per heavy atom. The lowest BCUT2D eigenvalue weighted by Crippen LogP contribution is -2.30. The number of nitriles is 1. The first-order valence-electron chi connectivity index (χ1n) is 4.24. The van der Waals surface area contributed by atoms with Crippen molar-refractivity contribution < 1.29 is 4.79 Å². The van der Waals surface area contributed by atoms with Crippen molar-refractivity contribution in [2.75, 3.05) is 19.3 Å². The van der Waals surface area contributed by atoms with Gasteiger partial charge in [-0.05, 0) is 12.7 Å². The van der Waals surface area contributed by atoms with E-state index in [2.05, 4.69) is 4.99 Å². The molecule has 2 N–H and O–H groups in total. The molecule has 14 heavy (non-hydrogen) atoms. The first kappa shape index (κ1) is 10.9. The predicted octanol–water partition coefficient (Wildman–Crippen LogP) is -0.00632. The van der Waals surface area contributed by atoms with Crippen molar-refractivity contribution in [1.82, 2.24) is 4.90 Å². The number of primary amides is 1. The van der Waals surface area contributed by atoms with E-state index in [4.69, 9.17) is 11.0 Å². The van der Waals surface area contributed by atoms with Crippen LogP contribution in [-0.4, -0.2) is 35.3 Å². The molecule has 0 aromatic heterocycles. The van der Waals surface area contributed by atoms with Crippen LogP contribution in [0.15, 0.2) is 4.99 Å².